The molecule has 0 aliphatic carbocycles. The molecule has 1 aromatic heterocycles. The summed E-state index contributed by atoms with van der Waals surface area (Å²) in [5.41, 5.74) is 0.958. The highest BCUT2D eigenvalue weighted by atomic mass is 32.1. The van der Waals surface area contributed by atoms with E-state index >= 15 is 0 Å². The van der Waals surface area contributed by atoms with Gasteiger partial charge in [0.2, 0.25) is 5.91 Å². The molecule has 1 heterocycles. The molecule has 0 saturated heterocycles. The van der Waals surface area contributed by atoms with Gasteiger partial charge in [0, 0.05) is 21.0 Å². The number of nitrogens with zero attached hydrogens (tertiary/aromatic N) is 1. The molecule has 2 aromatic rings. The molecule has 148 valence electrons. The molecular weight excluding hydrogens is 382 g/mol. The Labute approximate surface area is 165 Å². The molecule has 0 aliphatic heterocycles. The maximum Gasteiger partial charge on any atom is 0.305 e. The molecule has 1 atom stereocenters. The van der Waals surface area contributed by atoms with Gasteiger partial charge in [0.1, 0.15) is 6.34 Å². The van der Waals surface area contributed by atoms with Gasteiger partial charge in [-0.15, -0.1) is 11.3 Å². The van der Waals surface area contributed by atoms with Crippen molar-refractivity contribution in [3.05, 3.63) is 51.7 Å². The van der Waals surface area contributed by atoms with Crippen molar-refractivity contribution in [2.45, 2.75) is 19.4 Å². The van der Waals surface area contributed by atoms with Crippen molar-refractivity contribution < 1.29 is 19.5 Å². The summed E-state index contributed by atoms with van der Waals surface area (Å²) in [7, 11) is 0. The van der Waals surface area contributed by atoms with E-state index in [1.54, 1.807) is 30.3 Å². The molecule has 1 unspecified atom stereocenters. The number of nitrogens with one attached hydrogen (secondary N) is 3. The third-order valence-electron chi connectivity index (χ3n) is 3.66. The maximum atomic E-state index is 12.2. The number of anilines is 1. The summed E-state index contributed by atoms with van der Waals surface area (Å²) in [6.45, 7) is 1.62. The van der Waals surface area contributed by atoms with E-state index in [4.69, 9.17) is 10.9 Å². The van der Waals surface area contributed by atoms with E-state index in [-0.39, 0.29) is 13.0 Å². The van der Waals surface area contributed by atoms with Crippen LogP contribution in [-0.4, -0.2) is 35.8 Å². The van der Waals surface area contributed by atoms with Gasteiger partial charge in [-0.1, -0.05) is 6.07 Å². The second-order valence-corrected chi connectivity index (χ2v) is 7.17. The van der Waals surface area contributed by atoms with E-state index in [2.05, 4.69) is 21.1 Å². The molecule has 1 aromatic carbocycles. The van der Waals surface area contributed by atoms with Crippen LogP contribution in [0.5, 0.6) is 0 Å². The Bertz CT molecular complexity index is 880. The van der Waals surface area contributed by atoms with Gasteiger partial charge < -0.3 is 26.9 Å². The minimum atomic E-state index is -1.02. The van der Waals surface area contributed by atoms with E-state index in [0.29, 0.717) is 11.3 Å². The Morgan fingerprint density at radius 1 is 1.29 bits per heavy atom. The second-order valence-electron chi connectivity index (χ2n) is 5.85. The van der Waals surface area contributed by atoms with Crippen molar-refractivity contribution in [2.75, 3.05) is 11.9 Å². The van der Waals surface area contributed by atoms with Crippen molar-refractivity contribution in [1.29, 1.82) is 0 Å². The Morgan fingerprint density at radius 2 is 2.07 bits per heavy atom. The molecule has 0 saturated carbocycles. The molecule has 0 bridgehead atoms. The zero-order valence-corrected chi connectivity index (χ0v) is 16.0. The predicted molar refractivity (Wildman–Crippen MR) is 107 cm³/mol. The number of rotatable bonds is 9. The first-order valence-electron chi connectivity index (χ1n) is 8.33. The van der Waals surface area contributed by atoms with Crippen LogP contribution >= 0.6 is 11.3 Å². The topological polar surface area (TPSA) is 146 Å². The summed E-state index contributed by atoms with van der Waals surface area (Å²) in [4.78, 5) is 37.3. The van der Waals surface area contributed by atoms with Crippen LogP contribution in [0.25, 0.3) is 0 Å². The van der Waals surface area contributed by atoms with E-state index in [9.17, 15) is 14.4 Å². The summed E-state index contributed by atoms with van der Waals surface area (Å²) >= 11 is 1.42. The van der Waals surface area contributed by atoms with E-state index in [0.717, 1.165) is 9.75 Å². The molecule has 0 aliphatic rings. The standard InChI is InChI=1S/C18H21N5O4S/c1-11-5-6-15(28-11)14(8-17(25)26)23-16(24)9-20-18(27)12-3-2-4-13(7-12)21-10-22-19/h2-7,10,14H,8-9,19H2,1H3,(H,20,27)(H,21,22)(H,23,24)(H,25,26). The number of carboxylic acids is 1. The minimum absolute atomic E-state index is 0.240. The quantitative estimate of drug-likeness (QED) is 0.185. The molecule has 6 N–H and O–H groups in total. The van der Waals surface area contributed by atoms with Crippen LogP contribution in [0.15, 0.2) is 41.5 Å². The summed E-state index contributed by atoms with van der Waals surface area (Å²) < 4.78 is 0. The molecule has 0 radical (unpaired) electrons. The summed E-state index contributed by atoms with van der Waals surface area (Å²) in [6, 6.07) is 9.57. The lowest BCUT2D eigenvalue weighted by atomic mass is 10.1. The number of nitrogens with two attached hydrogens (primary N) is 1. The van der Waals surface area contributed by atoms with Crippen LogP contribution in [0.2, 0.25) is 0 Å². The first-order valence-corrected chi connectivity index (χ1v) is 9.14. The SMILES string of the molecule is Cc1ccc(C(CC(=O)O)NC(=O)CNC(=O)c2cccc(NC=NN)c2)s1. The number of hydrogen-bond acceptors (Lipinski definition) is 6. The smallest absolute Gasteiger partial charge is 0.305 e. The van der Waals surface area contributed by atoms with Crippen LogP contribution in [0.1, 0.15) is 32.6 Å². The lowest BCUT2D eigenvalue weighted by Gasteiger charge is -2.16. The fraction of sp³-hybridized carbons (Fsp3) is 0.222. The van der Waals surface area contributed by atoms with Gasteiger partial charge in [-0.05, 0) is 37.3 Å². The zero-order valence-electron chi connectivity index (χ0n) is 15.1. The second kappa shape index (κ2) is 10.1. The van der Waals surface area contributed by atoms with Crippen molar-refractivity contribution >= 4 is 41.1 Å². The number of hydrazone groups is 1. The molecular formula is C18H21N5O4S. The average Bonchev–Trinajstić information content (AvgIpc) is 3.10. The summed E-state index contributed by atoms with van der Waals surface area (Å²) in [6.07, 6.45) is 1.04. The fourth-order valence-corrected chi connectivity index (χ4v) is 3.34. The Morgan fingerprint density at radius 3 is 2.71 bits per heavy atom. The monoisotopic (exact) mass is 403 g/mol. The maximum absolute atomic E-state index is 12.2. The predicted octanol–water partition coefficient (Wildman–Crippen LogP) is 1.43. The number of hydrogen-bond donors (Lipinski definition) is 5. The van der Waals surface area contributed by atoms with Crippen molar-refractivity contribution in [1.82, 2.24) is 10.6 Å². The van der Waals surface area contributed by atoms with Crippen LogP contribution in [0.4, 0.5) is 5.69 Å². The van der Waals surface area contributed by atoms with Crippen molar-refractivity contribution in [3.63, 3.8) is 0 Å². The van der Waals surface area contributed by atoms with Gasteiger partial charge in [-0.25, -0.2) is 0 Å². The lowest BCUT2D eigenvalue weighted by Crippen LogP contribution is -2.39. The molecule has 2 rings (SSSR count). The Hall–Kier alpha value is -3.40. The average molecular weight is 403 g/mol. The molecule has 28 heavy (non-hydrogen) atoms. The first-order chi connectivity index (χ1) is 13.4. The van der Waals surface area contributed by atoms with Gasteiger partial charge in [-0.3, -0.25) is 14.4 Å². The number of aryl methyl sites for hydroxylation is 1. The number of carboxylic acid groups (broad SMARTS) is 1. The number of carbonyl (C=O) groups is 3. The Balaban J connectivity index is 1.94. The largest absolute Gasteiger partial charge is 0.481 e. The van der Waals surface area contributed by atoms with E-state index in [1.807, 2.05) is 13.0 Å². The molecule has 9 nitrogen and oxygen atoms in total. The third-order valence-corrected chi connectivity index (χ3v) is 4.77. The molecule has 10 heteroatoms. The number of aliphatic carboxylic acids is 1. The van der Waals surface area contributed by atoms with Gasteiger partial charge in [0.25, 0.3) is 5.91 Å². The Kier molecular flexibility index (Phi) is 7.52. The van der Waals surface area contributed by atoms with Gasteiger partial charge in [0.15, 0.2) is 0 Å². The van der Waals surface area contributed by atoms with Crippen molar-refractivity contribution in [3.8, 4) is 0 Å². The van der Waals surface area contributed by atoms with Gasteiger partial charge >= 0.3 is 5.97 Å². The number of thiophene rings is 1. The third kappa shape index (κ3) is 6.40. The van der Waals surface area contributed by atoms with Crippen LogP contribution < -0.4 is 21.8 Å². The minimum Gasteiger partial charge on any atom is -0.481 e. The zero-order chi connectivity index (χ0) is 20.5. The highest BCUT2D eigenvalue weighted by Crippen LogP contribution is 2.25. The lowest BCUT2D eigenvalue weighted by molar-refractivity contribution is -0.137. The van der Waals surface area contributed by atoms with E-state index in [1.165, 1.54) is 17.7 Å². The van der Waals surface area contributed by atoms with Crippen molar-refractivity contribution in [2.24, 2.45) is 10.9 Å². The van der Waals surface area contributed by atoms with Crippen LogP contribution in [0, 0.1) is 6.92 Å². The summed E-state index contributed by atoms with van der Waals surface area (Å²) in [5.74, 6) is 3.08. The van der Waals surface area contributed by atoms with Gasteiger partial charge in [-0.2, -0.15) is 5.10 Å². The number of carbonyl (C=O) groups excluding carboxylic acids is 2. The van der Waals surface area contributed by atoms with Crippen LogP contribution in [-0.2, 0) is 9.59 Å². The van der Waals surface area contributed by atoms with Crippen LogP contribution in [0.3, 0.4) is 0 Å². The highest BCUT2D eigenvalue weighted by Gasteiger charge is 2.20. The molecule has 2 amide bonds. The summed E-state index contributed by atoms with van der Waals surface area (Å²) in [5, 5.41) is 20.3. The van der Waals surface area contributed by atoms with Gasteiger partial charge in [0.05, 0.1) is 19.0 Å². The highest BCUT2D eigenvalue weighted by molar-refractivity contribution is 7.12. The first kappa shape index (κ1) is 20.9. The normalized spacial score (nSPS) is 11.8. The van der Waals surface area contributed by atoms with E-state index < -0.39 is 23.8 Å². The number of amides is 2. The number of benzene rings is 1. The fourth-order valence-electron chi connectivity index (χ4n) is 2.41. The molecule has 0 fully saturated rings. The molecule has 0 spiro atoms.